The molecular formula is C7H11F2O2. The minimum Gasteiger partial charge on any atom is -0.387 e. The van der Waals surface area contributed by atoms with Crippen molar-refractivity contribution in [1.82, 2.24) is 0 Å². The Morgan fingerprint density at radius 1 is 1.36 bits per heavy atom. The molecule has 0 bridgehead atoms. The second-order valence-corrected chi connectivity index (χ2v) is 3.15. The van der Waals surface area contributed by atoms with Crippen LogP contribution in [-0.2, 0) is 0 Å². The predicted octanol–water partition coefficient (Wildman–Crippen LogP) is 1.46. The molecule has 0 aromatic carbocycles. The lowest BCUT2D eigenvalue weighted by molar-refractivity contribution is -0.0499. The van der Waals surface area contributed by atoms with Gasteiger partial charge >= 0.3 is 0 Å². The summed E-state index contributed by atoms with van der Waals surface area (Å²) < 4.78 is 25.0. The van der Waals surface area contributed by atoms with Crippen molar-refractivity contribution in [2.75, 3.05) is 0 Å². The largest absolute Gasteiger partial charge is 0.387 e. The SMILES string of the molecule is C[C](O)C1(O)CCC(F)(F)C1. The fraction of sp³-hybridized carbons (Fsp3) is 0.857. The van der Waals surface area contributed by atoms with E-state index in [9.17, 15) is 13.9 Å². The van der Waals surface area contributed by atoms with Crippen molar-refractivity contribution in [1.29, 1.82) is 0 Å². The maximum Gasteiger partial charge on any atom is 0.251 e. The van der Waals surface area contributed by atoms with Crippen LogP contribution in [0.5, 0.6) is 0 Å². The maximum atomic E-state index is 12.5. The first-order valence-electron chi connectivity index (χ1n) is 3.49. The molecule has 1 rings (SSSR count). The lowest BCUT2D eigenvalue weighted by Crippen LogP contribution is -2.33. The van der Waals surface area contributed by atoms with Gasteiger partial charge in [-0.2, -0.15) is 0 Å². The van der Waals surface area contributed by atoms with Crippen LogP contribution >= 0.6 is 0 Å². The number of aliphatic hydroxyl groups is 2. The maximum absolute atomic E-state index is 12.5. The standard InChI is InChI=1S/C7H11F2O2/c1-5(10)6(11)2-3-7(8,9)4-6/h10-11H,2-4H2,1H3. The number of hydrogen-bond donors (Lipinski definition) is 2. The Balaban J connectivity index is 2.65. The zero-order valence-electron chi connectivity index (χ0n) is 6.27. The summed E-state index contributed by atoms with van der Waals surface area (Å²) in [6.07, 6.45) is -1.36. The van der Waals surface area contributed by atoms with Gasteiger partial charge in [0.1, 0.15) is 11.7 Å². The van der Waals surface area contributed by atoms with E-state index in [0.29, 0.717) is 0 Å². The minimum absolute atomic E-state index is 0.0532. The van der Waals surface area contributed by atoms with Crippen molar-refractivity contribution < 1.29 is 19.0 Å². The Labute approximate surface area is 63.8 Å². The highest BCUT2D eigenvalue weighted by Crippen LogP contribution is 2.44. The van der Waals surface area contributed by atoms with Gasteiger partial charge in [0.25, 0.3) is 5.92 Å². The summed E-state index contributed by atoms with van der Waals surface area (Å²) in [6.45, 7) is 1.25. The van der Waals surface area contributed by atoms with E-state index in [0.717, 1.165) is 0 Å². The van der Waals surface area contributed by atoms with Crippen molar-refractivity contribution in [2.45, 2.75) is 37.7 Å². The van der Waals surface area contributed by atoms with Crippen LogP contribution in [-0.4, -0.2) is 21.7 Å². The van der Waals surface area contributed by atoms with Gasteiger partial charge in [-0.05, 0) is 13.3 Å². The Kier molecular flexibility index (Phi) is 1.92. The van der Waals surface area contributed by atoms with Crippen molar-refractivity contribution in [3.05, 3.63) is 6.10 Å². The third-order valence-corrected chi connectivity index (χ3v) is 2.13. The van der Waals surface area contributed by atoms with Crippen LogP contribution in [0.2, 0.25) is 0 Å². The second-order valence-electron chi connectivity index (χ2n) is 3.15. The van der Waals surface area contributed by atoms with Crippen LogP contribution in [0.25, 0.3) is 0 Å². The lowest BCUT2D eigenvalue weighted by Gasteiger charge is -2.24. The van der Waals surface area contributed by atoms with Crippen molar-refractivity contribution in [2.24, 2.45) is 0 Å². The number of hydrogen-bond acceptors (Lipinski definition) is 2. The van der Waals surface area contributed by atoms with E-state index in [-0.39, 0.29) is 18.9 Å². The highest BCUT2D eigenvalue weighted by molar-refractivity contribution is 5.05. The molecule has 1 aliphatic carbocycles. The van der Waals surface area contributed by atoms with Crippen molar-refractivity contribution in [3.8, 4) is 0 Å². The molecule has 0 aromatic rings. The van der Waals surface area contributed by atoms with Gasteiger partial charge in [-0.1, -0.05) is 0 Å². The van der Waals surface area contributed by atoms with E-state index in [4.69, 9.17) is 5.11 Å². The Bertz CT molecular complexity index is 159. The van der Waals surface area contributed by atoms with Gasteiger partial charge in [-0.25, -0.2) is 8.78 Å². The summed E-state index contributed by atoms with van der Waals surface area (Å²) in [5.41, 5.74) is -1.65. The smallest absolute Gasteiger partial charge is 0.251 e. The molecular weight excluding hydrogens is 154 g/mol. The fourth-order valence-corrected chi connectivity index (χ4v) is 1.30. The Hall–Kier alpha value is -0.220. The van der Waals surface area contributed by atoms with Crippen LogP contribution in [0.3, 0.4) is 0 Å². The first-order chi connectivity index (χ1) is 4.86. The van der Waals surface area contributed by atoms with Crippen LogP contribution in [0.15, 0.2) is 0 Å². The Morgan fingerprint density at radius 3 is 2.09 bits per heavy atom. The highest BCUT2D eigenvalue weighted by Gasteiger charge is 2.51. The predicted molar refractivity (Wildman–Crippen MR) is 34.6 cm³/mol. The third kappa shape index (κ3) is 1.68. The monoisotopic (exact) mass is 165 g/mol. The number of aliphatic hydroxyl groups excluding tert-OH is 1. The minimum atomic E-state index is -2.82. The van der Waals surface area contributed by atoms with Gasteiger partial charge in [0.05, 0.1) is 0 Å². The van der Waals surface area contributed by atoms with Gasteiger partial charge in [-0.3, -0.25) is 0 Å². The van der Waals surface area contributed by atoms with E-state index in [1.165, 1.54) is 6.92 Å². The molecule has 0 aliphatic heterocycles. The molecule has 0 saturated heterocycles. The van der Waals surface area contributed by atoms with Gasteiger partial charge in [0.2, 0.25) is 0 Å². The molecule has 1 radical (unpaired) electrons. The summed E-state index contributed by atoms with van der Waals surface area (Å²) in [4.78, 5) is 0. The molecule has 1 aliphatic rings. The molecule has 1 unspecified atom stereocenters. The quantitative estimate of drug-likeness (QED) is 0.617. The summed E-state index contributed by atoms with van der Waals surface area (Å²) in [5.74, 6) is -2.82. The Morgan fingerprint density at radius 2 is 1.91 bits per heavy atom. The van der Waals surface area contributed by atoms with Gasteiger partial charge < -0.3 is 10.2 Å². The molecule has 0 heterocycles. The third-order valence-electron chi connectivity index (χ3n) is 2.13. The molecule has 11 heavy (non-hydrogen) atoms. The van der Waals surface area contributed by atoms with Crippen LogP contribution in [0.4, 0.5) is 8.78 Å². The number of halogens is 2. The molecule has 4 heteroatoms. The van der Waals surface area contributed by atoms with Crippen LogP contribution in [0, 0.1) is 6.10 Å². The second kappa shape index (κ2) is 2.38. The van der Waals surface area contributed by atoms with Crippen LogP contribution in [0.1, 0.15) is 26.2 Å². The van der Waals surface area contributed by atoms with E-state index in [1.54, 1.807) is 0 Å². The summed E-state index contributed by atoms with van der Waals surface area (Å²) in [7, 11) is 0. The summed E-state index contributed by atoms with van der Waals surface area (Å²) in [6, 6.07) is 0. The zero-order chi connectivity index (χ0) is 8.70. The molecule has 0 spiro atoms. The van der Waals surface area contributed by atoms with E-state index < -0.39 is 17.9 Å². The molecule has 2 N–H and O–H groups in total. The van der Waals surface area contributed by atoms with Gasteiger partial charge in [0, 0.05) is 12.8 Å². The van der Waals surface area contributed by atoms with E-state index >= 15 is 0 Å². The molecule has 1 saturated carbocycles. The lowest BCUT2D eigenvalue weighted by atomic mass is 9.96. The number of alkyl halides is 2. The normalized spacial score (nSPS) is 36.5. The van der Waals surface area contributed by atoms with Crippen molar-refractivity contribution >= 4 is 0 Å². The van der Waals surface area contributed by atoms with Crippen molar-refractivity contribution in [3.63, 3.8) is 0 Å². The number of rotatable bonds is 1. The first kappa shape index (κ1) is 8.87. The molecule has 0 aromatic heterocycles. The van der Waals surface area contributed by atoms with E-state index in [2.05, 4.69) is 0 Å². The van der Waals surface area contributed by atoms with E-state index in [1.807, 2.05) is 0 Å². The fourth-order valence-electron chi connectivity index (χ4n) is 1.30. The topological polar surface area (TPSA) is 40.5 Å². The van der Waals surface area contributed by atoms with Crippen LogP contribution < -0.4 is 0 Å². The van der Waals surface area contributed by atoms with Gasteiger partial charge in [-0.15, -0.1) is 0 Å². The first-order valence-corrected chi connectivity index (χ1v) is 3.49. The molecule has 1 atom stereocenters. The molecule has 1 fully saturated rings. The van der Waals surface area contributed by atoms with Gasteiger partial charge in [0.15, 0.2) is 0 Å². The summed E-state index contributed by atoms with van der Waals surface area (Å²) in [5, 5.41) is 18.2. The average Bonchev–Trinajstić information content (AvgIpc) is 2.08. The molecule has 0 amide bonds. The average molecular weight is 165 g/mol. The highest BCUT2D eigenvalue weighted by atomic mass is 19.3. The molecule has 65 valence electrons. The summed E-state index contributed by atoms with van der Waals surface area (Å²) >= 11 is 0. The molecule has 2 nitrogen and oxygen atoms in total. The zero-order valence-corrected chi connectivity index (χ0v) is 6.27.